The normalized spacial score (nSPS) is 10.0. The molecule has 0 aromatic heterocycles. The fraction of sp³-hybridized carbons (Fsp3) is 0.0667. The van der Waals surface area contributed by atoms with Crippen LogP contribution >= 0.6 is 34.2 Å². The molecule has 6 heteroatoms. The van der Waals surface area contributed by atoms with E-state index in [1.807, 2.05) is 0 Å². The number of amides is 2. The largest absolute Gasteiger partial charge is 0.323 e. The van der Waals surface area contributed by atoms with Crippen LogP contribution in [0.4, 0.5) is 16.2 Å². The van der Waals surface area contributed by atoms with Crippen molar-refractivity contribution in [3.05, 3.63) is 56.6 Å². The number of carbonyl (C=O) groups excluding carboxylic acids is 2. The van der Waals surface area contributed by atoms with Crippen LogP contribution in [0, 0.1) is 3.57 Å². The Morgan fingerprint density at radius 3 is 2.52 bits per heavy atom. The molecule has 108 valence electrons. The lowest BCUT2D eigenvalue weighted by molar-refractivity contribution is 0.101. The summed E-state index contributed by atoms with van der Waals surface area (Å²) >= 11 is 7.96. The van der Waals surface area contributed by atoms with Gasteiger partial charge in [0.2, 0.25) is 0 Å². The number of ketones is 1. The maximum atomic E-state index is 12.0. The SMILES string of the molecule is CC(=O)c1cccc(NC(=O)Nc2ccc(Cl)cc2I)c1. The smallest absolute Gasteiger partial charge is 0.308 e. The molecule has 0 atom stereocenters. The quantitative estimate of drug-likeness (QED) is 0.560. The van der Waals surface area contributed by atoms with Crippen molar-refractivity contribution in [2.24, 2.45) is 0 Å². The molecule has 0 bridgehead atoms. The van der Waals surface area contributed by atoms with Crippen molar-refractivity contribution in [3.63, 3.8) is 0 Å². The second kappa shape index (κ2) is 6.91. The molecule has 0 heterocycles. The van der Waals surface area contributed by atoms with Crippen LogP contribution in [-0.2, 0) is 0 Å². The van der Waals surface area contributed by atoms with Gasteiger partial charge in [0.25, 0.3) is 0 Å². The number of benzene rings is 2. The number of hydrogen-bond acceptors (Lipinski definition) is 2. The van der Waals surface area contributed by atoms with Crippen molar-refractivity contribution in [1.82, 2.24) is 0 Å². The number of halogens is 2. The average Bonchev–Trinajstić information content (AvgIpc) is 2.42. The molecular weight excluding hydrogens is 403 g/mol. The summed E-state index contributed by atoms with van der Waals surface area (Å²) in [7, 11) is 0. The lowest BCUT2D eigenvalue weighted by atomic mass is 10.1. The lowest BCUT2D eigenvalue weighted by Crippen LogP contribution is -2.20. The van der Waals surface area contributed by atoms with Gasteiger partial charge in [-0.05, 0) is 59.8 Å². The van der Waals surface area contributed by atoms with Crippen LogP contribution < -0.4 is 10.6 Å². The summed E-state index contributed by atoms with van der Waals surface area (Å²) in [5, 5.41) is 6.03. The van der Waals surface area contributed by atoms with E-state index in [1.54, 1.807) is 42.5 Å². The van der Waals surface area contributed by atoms with Crippen LogP contribution in [0.5, 0.6) is 0 Å². The van der Waals surface area contributed by atoms with E-state index in [0.717, 1.165) is 3.57 Å². The van der Waals surface area contributed by atoms with E-state index < -0.39 is 0 Å². The zero-order valence-corrected chi connectivity index (χ0v) is 14.0. The minimum Gasteiger partial charge on any atom is -0.308 e. The minimum atomic E-state index is -0.379. The van der Waals surface area contributed by atoms with Gasteiger partial charge in [0.05, 0.1) is 5.69 Å². The summed E-state index contributed by atoms with van der Waals surface area (Å²) in [4.78, 5) is 23.3. The molecular formula is C15H12ClIN2O2. The molecule has 0 saturated carbocycles. The van der Waals surface area contributed by atoms with E-state index in [9.17, 15) is 9.59 Å². The average molecular weight is 415 g/mol. The maximum absolute atomic E-state index is 12.0. The Hall–Kier alpha value is -1.60. The van der Waals surface area contributed by atoms with Crippen LogP contribution in [0.25, 0.3) is 0 Å². The summed E-state index contributed by atoms with van der Waals surface area (Å²) in [5.74, 6) is -0.0497. The number of carbonyl (C=O) groups is 2. The van der Waals surface area contributed by atoms with Crippen LogP contribution in [0.3, 0.4) is 0 Å². The summed E-state index contributed by atoms with van der Waals surface area (Å²) < 4.78 is 0.840. The fourth-order valence-corrected chi connectivity index (χ4v) is 2.70. The molecule has 0 radical (unpaired) electrons. The summed E-state index contributed by atoms with van der Waals surface area (Å²) in [6, 6.07) is 11.6. The molecule has 2 amide bonds. The number of urea groups is 1. The maximum Gasteiger partial charge on any atom is 0.323 e. The van der Waals surface area contributed by atoms with Gasteiger partial charge in [-0.1, -0.05) is 23.7 Å². The first-order valence-corrected chi connectivity index (χ1v) is 7.55. The predicted molar refractivity (Wildman–Crippen MR) is 93.3 cm³/mol. The third-order valence-electron chi connectivity index (χ3n) is 2.71. The van der Waals surface area contributed by atoms with Crippen molar-refractivity contribution in [1.29, 1.82) is 0 Å². The van der Waals surface area contributed by atoms with Gasteiger partial charge in [-0.2, -0.15) is 0 Å². The van der Waals surface area contributed by atoms with E-state index in [4.69, 9.17) is 11.6 Å². The highest BCUT2D eigenvalue weighted by Gasteiger charge is 2.07. The molecule has 0 aliphatic heterocycles. The summed E-state index contributed by atoms with van der Waals surface area (Å²) in [6.07, 6.45) is 0. The Morgan fingerprint density at radius 1 is 1.10 bits per heavy atom. The van der Waals surface area contributed by atoms with Crippen molar-refractivity contribution >= 4 is 57.4 Å². The topological polar surface area (TPSA) is 58.2 Å². The van der Waals surface area contributed by atoms with Crippen molar-refractivity contribution in [2.75, 3.05) is 10.6 Å². The second-order valence-corrected chi connectivity index (χ2v) is 5.94. The first-order valence-electron chi connectivity index (χ1n) is 6.10. The summed E-state index contributed by atoms with van der Waals surface area (Å²) in [5.41, 5.74) is 1.78. The number of hydrogen-bond donors (Lipinski definition) is 2. The third-order valence-corrected chi connectivity index (χ3v) is 3.83. The monoisotopic (exact) mass is 414 g/mol. The van der Waals surface area contributed by atoms with E-state index >= 15 is 0 Å². The van der Waals surface area contributed by atoms with E-state index in [-0.39, 0.29) is 11.8 Å². The van der Waals surface area contributed by atoms with Gasteiger partial charge in [-0.15, -0.1) is 0 Å². The highest BCUT2D eigenvalue weighted by atomic mass is 127. The molecule has 2 aromatic rings. The van der Waals surface area contributed by atoms with Crippen molar-refractivity contribution < 1.29 is 9.59 Å². The predicted octanol–water partition coefficient (Wildman–Crippen LogP) is 4.79. The second-order valence-electron chi connectivity index (χ2n) is 4.34. The standard InChI is InChI=1S/C15H12ClIN2O2/c1-9(20)10-3-2-4-12(7-10)18-15(21)19-14-6-5-11(16)8-13(14)17/h2-8H,1H3,(H2,18,19,21). The van der Waals surface area contributed by atoms with Gasteiger partial charge in [0.15, 0.2) is 5.78 Å². The molecule has 0 spiro atoms. The van der Waals surface area contributed by atoms with Crippen LogP contribution in [0.2, 0.25) is 5.02 Å². The first kappa shape index (κ1) is 15.8. The Balaban J connectivity index is 2.08. The number of anilines is 2. The molecule has 4 nitrogen and oxygen atoms in total. The highest BCUT2D eigenvalue weighted by molar-refractivity contribution is 14.1. The molecule has 0 aliphatic carbocycles. The Labute approximate surface area is 141 Å². The van der Waals surface area contributed by atoms with Gasteiger partial charge in [-0.3, -0.25) is 4.79 Å². The van der Waals surface area contributed by atoms with Crippen molar-refractivity contribution in [2.45, 2.75) is 6.92 Å². The molecule has 0 fully saturated rings. The van der Waals surface area contributed by atoms with Crippen LogP contribution in [-0.4, -0.2) is 11.8 Å². The molecule has 2 rings (SSSR count). The van der Waals surface area contributed by atoms with Gasteiger partial charge >= 0.3 is 6.03 Å². The molecule has 2 aromatic carbocycles. The Morgan fingerprint density at radius 2 is 1.86 bits per heavy atom. The van der Waals surface area contributed by atoms with Gasteiger partial charge in [0, 0.05) is 19.8 Å². The van der Waals surface area contributed by atoms with Crippen molar-refractivity contribution in [3.8, 4) is 0 Å². The Bertz CT molecular complexity index is 704. The molecule has 0 aliphatic rings. The van der Waals surface area contributed by atoms with E-state index in [2.05, 4.69) is 33.2 Å². The Kier molecular flexibility index (Phi) is 5.19. The number of Topliss-reactive ketones (excluding diaryl/α,β-unsaturated/α-hetero) is 1. The van der Waals surface area contributed by atoms with Gasteiger partial charge in [-0.25, -0.2) is 4.79 Å². The van der Waals surface area contributed by atoms with E-state index in [0.29, 0.717) is 22.0 Å². The van der Waals surface area contributed by atoms with Crippen LogP contribution in [0.1, 0.15) is 17.3 Å². The zero-order valence-electron chi connectivity index (χ0n) is 11.1. The highest BCUT2D eigenvalue weighted by Crippen LogP contribution is 2.22. The zero-order chi connectivity index (χ0) is 15.4. The molecule has 2 N–H and O–H groups in total. The molecule has 0 saturated heterocycles. The number of rotatable bonds is 3. The van der Waals surface area contributed by atoms with Crippen LogP contribution in [0.15, 0.2) is 42.5 Å². The first-order chi connectivity index (χ1) is 9.95. The van der Waals surface area contributed by atoms with E-state index in [1.165, 1.54) is 6.92 Å². The summed E-state index contributed by atoms with van der Waals surface area (Å²) in [6.45, 7) is 1.48. The minimum absolute atomic E-state index is 0.0497. The molecule has 21 heavy (non-hydrogen) atoms. The van der Waals surface area contributed by atoms with Gasteiger partial charge < -0.3 is 10.6 Å². The number of nitrogens with one attached hydrogen (secondary N) is 2. The third kappa shape index (κ3) is 4.44. The van der Waals surface area contributed by atoms with Gasteiger partial charge in [0.1, 0.15) is 0 Å². The fourth-order valence-electron chi connectivity index (χ4n) is 1.69. The molecule has 0 unspecified atom stereocenters. The lowest BCUT2D eigenvalue weighted by Gasteiger charge is -2.10.